The van der Waals surface area contributed by atoms with E-state index in [0.717, 1.165) is 37.7 Å². The second-order valence-corrected chi connectivity index (χ2v) is 10.3. The molecule has 10 heteroatoms. The van der Waals surface area contributed by atoms with Crippen molar-refractivity contribution in [2.75, 3.05) is 18.0 Å². The number of unbranched alkanes of at least 4 members (excludes halogenated alkanes) is 2. The summed E-state index contributed by atoms with van der Waals surface area (Å²) < 4.78 is 3.65. The molecule has 0 aliphatic carbocycles. The third-order valence-corrected chi connectivity index (χ3v) is 7.52. The van der Waals surface area contributed by atoms with Crippen molar-refractivity contribution in [3.8, 4) is 11.3 Å². The Morgan fingerprint density at radius 3 is 2.73 bits per heavy atom. The number of carbonyl (C=O) groups is 2. The molecule has 0 spiro atoms. The highest BCUT2D eigenvalue weighted by Gasteiger charge is 2.35. The van der Waals surface area contributed by atoms with Crippen molar-refractivity contribution in [3.63, 3.8) is 0 Å². The van der Waals surface area contributed by atoms with Crippen LogP contribution in [0.1, 0.15) is 51.9 Å². The normalized spacial score (nSPS) is 19.8. The second kappa shape index (κ2) is 11.0. The lowest BCUT2D eigenvalue weighted by molar-refractivity contribution is -0.130. The molecule has 196 valence electrons. The molecule has 9 nitrogen and oxygen atoms in total. The molecule has 2 saturated heterocycles. The number of nitrogens with zero attached hydrogens (tertiary/aromatic N) is 4. The standard InChI is InChI=1S/C27H33ClN6O3/c1-2-3-4-14-33-23(32-15-6-8-22(32)26(37)30-20-7-5-13-29-25(20)36)16-24(35)34-17-21(31-27(33)34)18-9-11-19(28)12-10-18/h9-12,16-17,20,22H,2-8,13-15H2,1H3,(H,29,36)(H,30,37)/t20?,22-/m0/s1. The number of carbonyl (C=O) groups excluding carboxylic acids is 2. The van der Waals surface area contributed by atoms with Gasteiger partial charge in [0.25, 0.3) is 5.56 Å². The zero-order valence-corrected chi connectivity index (χ0v) is 21.8. The lowest BCUT2D eigenvalue weighted by Crippen LogP contribution is -2.54. The van der Waals surface area contributed by atoms with Crippen LogP contribution >= 0.6 is 11.6 Å². The predicted octanol–water partition coefficient (Wildman–Crippen LogP) is 3.37. The molecular formula is C27H33ClN6O3. The van der Waals surface area contributed by atoms with Crippen LogP contribution in [0.25, 0.3) is 17.0 Å². The van der Waals surface area contributed by atoms with Gasteiger partial charge >= 0.3 is 0 Å². The highest BCUT2D eigenvalue weighted by Crippen LogP contribution is 2.28. The molecule has 4 heterocycles. The number of halogens is 1. The number of benzene rings is 1. The minimum Gasteiger partial charge on any atom is -0.354 e. The minimum absolute atomic E-state index is 0.130. The summed E-state index contributed by atoms with van der Waals surface area (Å²) in [5, 5.41) is 6.41. The topological polar surface area (TPSA) is 101 Å². The van der Waals surface area contributed by atoms with Crippen molar-refractivity contribution in [1.29, 1.82) is 0 Å². The number of amides is 2. The number of aryl methyl sites for hydroxylation is 1. The molecule has 0 radical (unpaired) electrons. The number of anilines is 1. The van der Waals surface area contributed by atoms with Crippen molar-refractivity contribution >= 4 is 35.0 Å². The molecule has 2 amide bonds. The fraction of sp³-hybridized carbons (Fsp3) is 0.481. The van der Waals surface area contributed by atoms with Crippen molar-refractivity contribution in [1.82, 2.24) is 24.6 Å². The molecule has 0 bridgehead atoms. The molecule has 0 saturated carbocycles. The van der Waals surface area contributed by atoms with E-state index in [4.69, 9.17) is 16.6 Å². The maximum atomic E-state index is 13.3. The van der Waals surface area contributed by atoms with Gasteiger partial charge in [0.15, 0.2) is 0 Å². The van der Waals surface area contributed by atoms with Crippen LogP contribution in [-0.4, -0.2) is 50.9 Å². The van der Waals surface area contributed by atoms with E-state index in [9.17, 15) is 14.4 Å². The zero-order chi connectivity index (χ0) is 25.9. The van der Waals surface area contributed by atoms with Gasteiger partial charge in [0.2, 0.25) is 17.6 Å². The molecular weight excluding hydrogens is 492 g/mol. The quantitative estimate of drug-likeness (QED) is 0.440. The number of imidazole rings is 1. The Balaban J connectivity index is 1.52. The van der Waals surface area contributed by atoms with Crippen LogP contribution in [0.4, 0.5) is 5.82 Å². The Bertz CT molecular complexity index is 1350. The summed E-state index contributed by atoms with van der Waals surface area (Å²) >= 11 is 6.06. The van der Waals surface area contributed by atoms with E-state index in [1.807, 2.05) is 17.0 Å². The van der Waals surface area contributed by atoms with Gasteiger partial charge in [-0.25, -0.2) is 4.98 Å². The molecule has 37 heavy (non-hydrogen) atoms. The van der Waals surface area contributed by atoms with Crippen LogP contribution in [0.2, 0.25) is 5.02 Å². The summed E-state index contributed by atoms with van der Waals surface area (Å²) in [7, 11) is 0. The van der Waals surface area contributed by atoms with E-state index >= 15 is 0 Å². The Morgan fingerprint density at radius 2 is 1.97 bits per heavy atom. The molecule has 2 aliphatic heterocycles. The van der Waals surface area contributed by atoms with Crippen molar-refractivity contribution in [2.24, 2.45) is 0 Å². The van der Waals surface area contributed by atoms with E-state index in [-0.39, 0.29) is 17.4 Å². The smallest absolute Gasteiger partial charge is 0.261 e. The van der Waals surface area contributed by atoms with Gasteiger partial charge in [-0.3, -0.25) is 23.4 Å². The fourth-order valence-corrected chi connectivity index (χ4v) is 5.43. The summed E-state index contributed by atoms with van der Waals surface area (Å²) in [6.45, 7) is 4.13. The third kappa shape index (κ3) is 5.23. The second-order valence-electron chi connectivity index (χ2n) is 9.85. The summed E-state index contributed by atoms with van der Waals surface area (Å²) in [6, 6.07) is 8.05. The maximum Gasteiger partial charge on any atom is 0.261 e. The summed E-state index contributed by atoms with van der Waals surface area (Å²) in [5.74, 6) is 0.959. The number of aromatic nitrogens is 3. The highest BCUT2D eigenvalue weighted by molar-refractivity contribution is 6.30. The summed E-state index contributed by atoms with van der Waals surface area (Å²) in [4.78, 5) is 45.7. The molecule has 5 rings (SSSR count). The number of hydrogen-bond acceptors (Lipinski definition) is 5. The lowest BCUT2D eigenvalue weighted by atomic mass is 10.1. The van der Waals surface area contributed by atoms with E-state index in [1.165, 1.54) is 0 Å². The summed E-state index contributed by atoms with van der Waals surface area (Å²) in [6.07, 6.45) is 7.77. The van der Waals surface area contributed by atoms with Gasteiger partial charge in [0, 0.05) is 42.5 Å². The van der Waals surface area contributed by atoms with Crippen LogP contribution in [0.15, 0.2) is 41.3 Å². The largest absolute Gasteiger partial charge is 0.354 e. The number of fused-ring (bicyclic) bond motifs is 1. The van der Waals surface area contributed by atoms with Gasteiger partial charge in [0.05, 0.1) is 5.69 Å². The van der Waals surface area contributed by atoms with Gasteiger partial charge in [-0.1, -0.05) is 43.5 Å². The zero-order valence-electron chi connectivity index (χ0n) is 21.1. The first kappa shape index (κ1) is 25.3. The average Bonchev–Trinajstić information content (AvgIpc) is 3.56. The van der Waals surface area contributed by atoms with Gasteiger partial charge in [-0.05, 0) is 44.2 Å². The molecule has 2 fully saturated rings. The molecule has 2 aliphatic rings. The van der Waals surface area contributed by atoms with E-state index in [0.29, 0.717) is 54.8 Å². The van der Waals surface area contributed by atoms with E-state index in [1.54, 1.807) is 28.8 Å². The van der Waals surface area contributed by atoms with Crippen LogP contribution in [0.5, 0.6) is 0 Å². The SMILES string of the molecule is CCCCCn1c(N2CCC[C@H]2C(=O)NC2CCCNC2=O)cc(=O)n2cc(-c3ccc(Cl)cc3)nc12. The van der Waals surface area contributed by atoms with Crippen molar-refractivity contribution in [3.05, 3.63) is 51.9 Å². The molecule has 2 N–H and O–H groups in total. The van der Waals surface area contributed by atoms with Crippen LogP contribution in [-0.2, 0) is 16.1 Å². The van der Waals surface area contributed by atoms with Crippen molar-refractivity contribution < 1.29 is 9.59 Å². The van der Waals surface area contributed by atoms with Gasteiger partial charge in [0.1, 0.15) is 17.9 Å². The first-order valence-electron chi connectivity index (χ1n) is 13.2. The fourth-order valence-electron chi connectivity index (χ4n) is 5.31. The molecule has 2 aromatic heterocycles. The molecule has 1 aromatic carbocycles. The average molecular weight is 525 g/mol. The maximum absolute atomic E-state index is 13.3. The number of piperidine rings is 1. The predicted molar refractivity (Wildman–Crippen MR) is 144 cm³/mol. The van der Waals surface area contributed by atoms with Crippen LogP contribution in [0.3, 0.4) is 0 Å². The first-order valence-corrected chi connectivity index (χ1v) is 13.6. The van der Waals surface area contributed by atoms with Crippen LogP contribution in [0, 0.1) is 0 Å². The summed E-state index contributed by atoms with van der Waals surface area (Å²) in [5.41, 5.74) is 1.37. The molecule has 3 aromatic rings. The minimum atomic E-state index is -0.507. The third-order valence-electron chi connectivity index (χ3n) is 7.27. The lowest BCUT2D eigenvalue weighted by Gasteiger charge is -2.31. The number of hydrogen-bond donors (Lipinski definition) is 2. The molecule has 1 unspecified atom stereocenters. The Morgan fingerprint density at radius 1 is 1.16 bits per heavy atom. The van der Waals surface area contributed by atoms with Gasteiger partial charge in [-0.15, -0.1) is 0 Å². The van der Waals surface area contributed by atoms with Gasteiger partial charge in [-0.2, -0.15) is 0 Å². The van der Waals surface area contributed by atoms with Crippen molar-refractivity contribution in [2.45, 2.75) is 70.5 Å². The Hall–Kier alpha value is -3.33. The first-order chi connectivity index (χ1) is 18.0. The molecule has 2 atom stereocenters. The van der Waals surface area contributed by atoms with E-state index in [2.05, 4.69) is 22.1 Å². The van der Waals surface area contributed by atoms with E-state index < -0.39 is 12.1 Å². The number of nitrogens with one attached hydrogen (secondary N) is 2. The monoisotopic (exact) mass is 524 g/mol. The van der Waals surface area contributed by atoms with Crippen LogP contribution < -0.4 is 21.1 Å². The Labute approximate surface area is 220 Å². The van der Waals surface area contributed by atoms with Gasteiger partial charge < -0.3 is 15.5 Å². The number of rotatable bonds is 8. The Kier molecular flexibility index (Phi) is 7.50. The highest BCUT2D eigenvalue weighted by atomic mass is 35.5.